The van der Waals surface area contributed by atoms with Crippen LogP contribution in [0.25, 0.3) is 0 Å². The summed E-state index contributed by atoms with van der Waals surface area (Å²) in [5, 5.41) is 0. The van der Waals surface area contributed by atoms with Gasteiger partial charge in [-0.25, -0.2) is 0 Å². The van der Waals surface area contributed by atoms with Gasteiger partial charge < -0.3 is 0 Å². The van der Waals surface area contributed by atoms with Gasteiger partial charge in [-0.3, -0.25) is 0 Å². The van der Waals surface area contributed by atoms with Crippen LogP contribution in [0.2, 0.25) is 0 Å². The van der Waals surface area contributed by atoms with Gasteiger partial charge in [-0.05, 0) is 56.1 Å². The highest BCUT2D eigenvalue weighted by molar-refractivity contribution is 5.48. The SMILES string of the molecule is CCCCC1=CC(C)(CCCC)C(CCCC)=C1CCCC. The Kier molecular flexibility index (Phi) is 9.13. The Morgan fingerprint density at radius 3 is 1.86 bits per heavy atom. The van der Waals surface area contributed by atoms with Gasteiger partial charge in [0.2, 0.25) is 0 Å². The lowest BCUT2D eigenvalue weighted by atomic mass is 9.77. The number of hydrogen-bond donors (Lipinski definition) is 0. The van der Waals surface area contributed by atoms with Crippen molar-refractivity contribution in [1.82, 2.24) is 0 Å². The van der Waals surface area contributed by atoms with E-state index in [0.29, 0.717) is 5.41 Å². The normalized spacial score (nSPS) is 21.6. The molecule has 0 bridgehead atoms. The second-order valence-electron chi connectivity index (χ2n) is 7.46. The van der Waals surface area contributed by atoms with Crippen LogP contribution >= 0.6 is 0 Å². The van der Waals surface area contributed by atoms with Crippen molar-refractivity contribution in [1.29, 1.82) is 0 Å². The maximum absolute atomic E-state index is 2.69. The van der Waals surface area contributed by atoms with Gasteiger partial charge in [0.05, 0.1) is 0 Å². The molecule has 0 aromatic rings. The maximum Gasteiger partial charge on any atom is 0.00743 e. The zero-order chi connectivity index (χ0) is 16.4. The maximum atomic E-state index is 2.69. The van der Waals surface area contributed by atoms with Crippen molar-refractivity contribution < 1.29 is 0 Å². The first-order valence-electron chi connectivity index (χ1n) is 10.1. The molecule has 1 unspecified atom stereocenters. The quantitative estimate of drug-likeness (QED) is 0.342. The van der Waals surface area contributed by atoms with Crippen molar-refractivity contribution in [2.24, 2.45) is 5.41 Å². The van der Waals surface area contributed by atoms with E-state index in [1.54, 1.807) is 11.1 Å². The van der Waals surface area contributed by atoms with E-state index in [-0.39, 0.29) is 0 Å². The highest BCUT2D eigenvalue weighted by atomic mass is 14.4. The minimum Gasteiger partial charge on any atom is -0.0710 e. The largest absolute Gasteiger partial charge is 0.0710 e. The van der Waals surface area contributed by atoms with Gasteiger partial charge in [0, 0.05) is 5.41 Å². The zero-order valence-corrected chi connectivity index (χ0v) is 16.1. The molecule has 0 aliphatic heterocycles. The van der Waals surface area contributed by atoms with Crippen LogP contribution in [0.4, 0.5) is 0 Å². The molecule has 22 heavy (non-hydrogen) atoms. The molecule has 0 aromatic heterocycles. The average molecular weight is 305 g/mol. The Hall–Kier alpha value is -0.520. The summed E-state index contributed by atoms with van der Waals surface area (Å²) in [7, 11) is 0. The fourth-order valence-corrected chi connectivity index (χ4v) is 3.91. The van der Waals surface area contributed by atoms with E-state index in [0.717, 1.165) is 0 Å². The molecule has 0 heterocycles. The summed E-state index contributed by atoms with van der Waals surface area (Å²) in [6.07, 6.45) is 18.7. The first kappa shape index (κ1) is 19.5. The number of unbranched alkanes of at least 4 members (excludes halogenated alkanes) is 4. The zero-order valence-electron chi connectivity index (χ0n) is 16.1. The molecule has 0 fully saturated rings. The Balaban J connectivity index is 3.05. The molecule has 0 saturated carbocycles. The van der Waals surface area contributed by atoms with Gasteiger partial charge in [-0.15, -0.1) is 0 Å². The minimum atomic E-state index is 0.372. The summed E-state index contributed by atoms with van der Waals surface area (Å²) >= 11 is 0. The Morgan fingerprint density at radius 2 is 1.27 bits per heavy atom. The molecule has 0 heteroatoms. The number of allylic oxidation sites excluding steroid dienone is 4. The van der Waals surface area contributed by atoms with Crippen LogP contribution in [0.1, 0.15) is 112 Å². The molecule has 0 spiro atoms. The van der Waals surface area contributed by atoms with Gasteiger partial charge in [-0.1, -0.05) is 78.4 Å². The summed E-state index contributed by atoms with van der Waals surface area (Å²) in [6.45, 7) is 11.8. The van der Waals surface area contributed by atoms with Gasteiger partial charge in [0.25, 0.3) is 0 Å². The molecule has 1 atom stereocenters. The van der Waals surface area contributed by atoms with E-state index >= 15 is 0 Å². The van der Waals surface area contributed by atoms with Crippen LogP contribution in [0.15, 0.2) is 22.8 Å². The summed E-state index contributed by atoms with van der Waals surface area (Å²) < 4.78 is 0. The molecular weight excluding hydrogens is 264 g/mol. The molecule has 0 N–H and O–H groups in total. The Morgan fingerprint density at radius 1 is 0.727 bits per heavy atom. The van der Waals surface area contributed by atoms with Gasteiger partial charge in [-0.2, -0.15) is 0 Å². The fraction of sp³-hybridized carbons (Fsp3) is 0.818. The first-order chi connectivity index (χ1) is 10.6. The molecule has 0 aromatic carbocycles. The molecule has 128 valence electrons. The molecular formula is C22H40. The third kappa shape index (κ3) is 5.28. The molecule has 0 saturated heterocycles. The predicted octanol–water partition coefficient (Wildman–Crippen LogP) is 7.99. The van der Waals surface area contributed by atoms with Crippen molar-refractivity contribution >= 4 is 0 Å². The third-order valence-corrected chi connectivity index (χ3v) is 5.34. The van der Waals surface area contributed by atoms with Crippen LogP contribution in [0.5, 0.6) is 0 Å². The van der Waals surface area contributed by atoms with Crippen molar-refractivity contribution in [2.45, 2.75) is 112 Å². The second kappa shape index (κ2) is 10.3. The standard InChI is InChI=1S/C22H40/c1-6-10-14-19-18-22(5,17-13-9-4)21(16-12-8-3)20(19)15-11-7-2/h18H,6-17H2,1-5H3. The lowest BCUT2D eigenvalue weighted by molar-refractivity contribution is 0.432. The van der Waals surface area contributed by atoms with E-state index < -0.39 is 0 Å². The van der Waals surface area contributed by atoms with Crippen LogP contribution in [-0.4, -0.2) is 0 Å². The molecule has 1 aliphatic rings. The Labute approximate surface area is 140 Å². The van der Waals surface area contributed by atoms with Crippen molar-refractivity contribution in [3.05, 3.63) is 22.8 Å². The van der Waals surface area contributed by atoms with Crippen LogP contribution in [0, 0.1) is 5.41 Å². The molecule has 1 aliphatic carbocycles. The van der Waals surface area contributed by atoms with Crippen LogP contribution in [0.3, 0.4) is 0 Å². The molecule has 0 radical (unpaired) electrons. The topological polar surface area (TPSA) is 0 Å². The van der Waals surface area contributed by atoms with E-state index in [1.165, 1.54) is 77.0 Å². The lowest BCUT2D eigenvalue weighted by Gasteiger charge is -2.27. The lowest BCUT2D eigenvalue weighted by Crippen LogP contribution is -2.15. The van der Waals surface area contributed by atoms with Gasteiger partial charge >= 0.3 is 0 Å². The molecule has 0 amide bonds. The van der Waals surface area contributed by atoms with Crippen LogP contribution in [-0.2, 0) is 0 Å². The average Bonchev–Trinajstić information content (AvgIpc) is 2.78. The van der Waals surface area contributed by atoms with Crippen molar-refractivity contribution in [3.63, 3.8) is 0 Å². The van der Waals surface area contributed by atoms with E-state index in [1.807, 2.05) is 5.57 Å². The highest BCUT2D eigenvalue weighted by Gasteiger charge is 2.34. The van der Waals surface area contributed by atoms with E-state index in [4.69, 9.17) is 0 Å². The van der Waals surface area contributed by atoms with Crippen molar-refractivity contribution in [2.75, 3.05) is 0 Å². The molecule has 0 nitrogen and oxygen atoms in total. The number of rotatable bonds is 12. The second-order valence-corrected chi connectivity index (χ2v) is 7.46. The summed E-state index contributed by atoms with van der Waals surface area (Å²) in [6, 6.07) is 0. The van der Waals surface area contributed by atoms with Crippen LogP contribution < -0.4 is 0 Å². The summed E-state index contributed by atoms with van der Waals surface area (Å²) in [5.74, 6) is 0. The monoisotopic (exact) mass is 304 g/mol. The molecule has 1 rings (SSSR count). The highest BCUT2D eigenvalue weighted by Crippen LogP contribution is 2.49. The van der Waals surface area contributed by atoms with Gasteiger partial charge in [0.1, 0.15) is 0 Å². The Bertz CT molecular complexity index is 371. The van der Waals surface area contributed by atoms with E-state index in [9.17, 15) is 0 Å². The predicted molar refractivity (Wildman–Crippen MR) is 101 cm³/mol. The summed E-state index contributed by atoms with van der Waals surface area (Å²) in [5.41, 5.74) is 5.70. The minimum absolute atomic E-state index is 0.372. The summed E-state index contributed by atoms with van der Waals surface area (Å²) in [4.78, 5) is 0. The smallest absolute Gasteiger partial charge is 0.00743 e. The first-order valence-corrected chi connectivity index (χ1v) is 10.1. The van der Waals surface area contributed by atoms with E-state index in [2.05, 4.69) is 40.7 Å². The number of hydrogen-bond acceptors (Lipinski definition) is 0. The fourth-order valence-electron chi connectivity index (χ4n) is 3.91. The van der Waals surface area contributed by atoms with Crippen molar-refractivity contribution in [3.8, 4) is 0 Å². The van der Waals surface area contributed by atoms with Gasteiger partial charge in [0.15, 0.2) is 0 Å². The third-order valence-electron chi connectivity index (χ3n) is 5.34.